The predicted octanol–water partition coefficient (Wildman–Crippen LogP) is 1.61. The van der Waals surface area contributed by atoms with Crippen molar-refractivity contribution in [2.45, 2.75) is 19.4 Å². The summed E-state index contributed by atoms with van der Waals surface area (Å²) in [6.07, 6.45) is 0.323. The number of nitro groups is 1. The zero-order valence-electron chi connectivity index (χ0n) is 8.64. The second-order valence-electron chi connectivity index (χ2n) is 3.34. The maximum absolute atomic E-state index is 10.4. The smallest absolute Gasteiger partial charge is 0.214 e. The summed E-state index contributed by atoms with van der Waals surface area (Å²) in [6, 6.07) is 4.09. The van der Waals surface area contributed by atoms with Crippen LogP contribution in [0, 0.1) is 10.1 Å². The number of methoxy groups -OCH3 is 1. The first-order valence-electron chi connectivity index (χ1n) is 4.54. The molecule has 5 heteroatoms. The SMILES string of the molecule is COc1cc(CC(C)[N+](=O)[O-])ccc1O. The molecule has 0 radical (unpaired) electrons. The van der Waals surface area contributed by atoms with Crippen LogP contribution < -0.4 is 4.74 Å². The van der Waals surface area contributed by atoms with E-state index in [2.05, 4.69) is 0 Å². The van der Waals surface area contributed by atoms with E-state index in [4.69, 9.17) is 4.74 Å². The van der Waals surface area contributed by atoms with Gasteiger partial charge in [0.1, 0.15) is 0 Å². The molecule has 0 aliphatic rings. The highest BCUT2D eigenvalue weighted by Crippen LogP contribution is 2.26. The van der Waals surface area contributed by atoms with Gasteiger partial charge in [0.25, 0.3) is 0 Å². The average molecular weight is 211 g/mol. The van der Waals surface area contributed by atoms with E-state index in [1.807, 2.05) is 0 Å². The van der Waals surface area contributed by atoms with Crippen LogP contribution in [-0.2, 0) is 6.42 Å². The molecule has 0 fully saturated rings. The summed E-state index contributed by atoms with van der Waals surface area (Å²) in [7, 11) is 1.44. The fraction of sp³-hybridized carbons (Fsp3) is 0.400. The third-order valence-corrected chi connectivity index (χ3v) is 2.14. The molecule has 0 amide bonds. The Hall–Kier alpha value is -1.78. The van der Waals surface area contributed by atoms with Crippen LogP contribution >= 0.6 is 0 Å². The van der Waals surface area contributed by atoms with E-state index in [9.17, 15) is 15.2 Å². The lowest BCUT2D eigenvalue weighted by atomic mass is 10.1. The van der Waals surface area contributed by atoms with Crippen molar-refractivity contribution in [2.75, 3.05) is 7.11 Å². The third kappa shape index (κ3) is 2.83. The molecule has 1 rings (SSSR count). The molecule has 0 spiro atoms. The fourth-order valence-corrected chi connectivity index (χ4v) is 1.26. The summed E-state index contributed by atoms with van der Waals surface area (Å²) >= 11 is 0. The predicted molar refractivity (Wildman–Crippen MR) is 54.8 cm³/mol. The Kier molecular flexibility index (Phi) is 3.49. The van der Waals surface area contributed by atoms with E-state index in [0.717, 1.165) is 5.56 Å². The lowest BCUT2D eigenvalue weighted by Gasteiger charge is -2.07. The van der Waals surface area contributed by atoms with Crippen molar-refractivity contribution in [3.63, 3.8) is 0 Å². The Labute approximate surface area is 87.5 Å². The maximum Gasteiger partial charge on any atom is 0.214 e. The third-order valence-electron chi connectivity index (χ3n) is 2.14. The Balaban J connectivity index is 2.83. The highest BCUT2D eigenvalue weighted by atomic mass is 16.6. The van der Waals surface area contributed by atoms with Crippen LogP contribution in [0.1, 0.15) is 12.5 Å². The van der Waals surface area contributed by atoms with Crippen molar-refractivity contribution >= 4 is 0 Å². The van der Waals surface area contributed by atoms with Gasteiger partial charge in [0.05, 0.1) is 7.11 Å². The van der Waals surface area contributed by atoms with E-state index in [1.165, 1.54) is 13.2 Å². The van der Waals surface area contributed by atoms with E-state index in [0.29, 0.717) is 12.2 Å². The number of benzene rings is 1. The molecule has 15 heavy (non-hydrogen) atoms. The Morgan fingerprint density at radius 2 is 2.27 bits per heavy atom. The number of hydrogen-bond acceptors (Lipinski definition) is 4. The van der Waals surface area contributed by atoms with Crippen molar-refractivity contribution in [1.29, 1.82) is 0 Å². The molecule has 0 aliphatic carbocycles. The standard InChI is InChI=1S/C10H13NO4/c1-7(11(13)14)5-8-3-4-9(12)10(6-8)15-2/h3-4,6-7,12H,5H2,1-2H3. The Morgan fingerprint density at radius 1 is 1.60 bits per heavy atom. The van der Waals surface area contributed by atoms with Gasteiger partial charge in [-0.05, 0) is 17.7 Å². The molecule has 1 aromatic carbocycles. The van der Waals surface area contributed by atoms with E-state index in [-0.39, 0.29) is 10.7 Å². The molecule has 0 aliphatic heterocycles. The number of hydrogen-bond donors (Lipinski definition) is 1. The zero-order valence-corrected chi connectivity index (χ0v) is 8.64. The molecule has 0 saturated carbocycles. The first kappa shape index (κ1) is 11.3. The molecule has 0 heterocycles. The molecule has 1 aromatic rings. The number of ether oxygens (including phenoxy) is 1. The van der Waals surface area contributed by atoms with Crippen molar-refractivity contribution < 1.29 is 14.8 Å². The number of phenolic OH excluding ortho intramolecular Hbond substituents is 1. The van der Waals surface area contributed by atoms with Crippen LogP contribution in [0.2, 0.25) is 0 Å². The number of rotatable bonds is 4. The molecular formula is C10H13NO4. The second-order valence-corrected chi connectivity index (χ2v) is 3.34. The molecule has 1 atom stereocenters. The van der Waals surface area contributed by atoms with Crippen LogP contribution in [0.15, 0.2) is 18.2 Å². The highest BCUT2D eigenvalue weighted by Gasteiger charge is 2.14. The summed E-state index contributed by atoms with van der Waals surface area (Å²) in [6.45, 7) is 1.54. The van der Waals surface area contributed by atoms with Crippen LogP contribution in [0.25, 0.3) is 0 Å². The van der Waals surface area contributed by atoms with Gasteiger partial charge in [0.2, 0.25) is 6.04 Å². The normalized spacial score (nSPS) is 12.1. The minimum absolute atomic E-state index is 0.0370. The quantitative estimate of drug-likeness (QED) is 0.606. The van der Waals surface area contributed by atoms with Gasteiger partial charge in [0, 0.05) is 18.3 Å². The van der Waals surface area contributed by atoms with Gasteiger partial charge in [-0.2, -0.15) is 0 Å². The monoisotopic (exact) mass is 211 g/mol. The lowest BCUT2D eigenvalue weighted by molar-refractivity contribution is -0.517. The number of aromatic hydroxyl groups is 1. The van der Waals surface area contributed by atoms with Crippen LogP contribution in [0.5, 0.6) is 11.5 Å². The summed E-state index contributed by atoms with van der Waals surface area (Å²) in [5.41, 5.74) is 0.772. The molecule has 82 valence electrons. The molecule has 5 nitrogen and oxygen atoms in total. The summed E-state index contributed by atoms with van der Waals surface area (Å²) in [5, 5.41) is 19.8. The zero-order chi connectivity index (χ0) is 11.4. The van der Waals surface area contributed by atoms with Crippen LogP contribution in [0.4, 0.5) is 0 Å². The minimum atomic E-state index is -0.640. The van der Waals surface area contributed by atoms with Gasteiger partial charge >= 0.3 is 0 Å². The first-order chi connectivity index (χ1) is 7.04. The van der Waals surface area contributed by atoms with Gasteiger partial charge in [-0.3, -0.25) is 10.1 Å². The Morgan fingerprint density at radius 3 is 2.80 bits per heavy atom. The van der Waals surface area contributed by atoms with E-state index < -0.39 is 6.04 Å². The molecule has 0 saturated heterocycles. The molecule has 1 unspecified atom stereocenters. The number of nitrogens with zero attached hydrogens (tertiary/aromatic N) is 1. The Bertz CT molecular complexity index is 364. The van der Waals surface area contributed by atoms with Crippen molar-refractivity contribution in [3.05, 3.63) is 33.9 Å². The summed E-state index contributed by atoms with van der Waals surface area (Å²) < 4.78 is 4.91. The van der Waals surface area contributed by atoms with Crippen LogP contribution in [-0.4, -0.2) is 23.2 Å². The lowest BCUT2D eigenvalue weighted by Crippen LogP contribution is -2.17. The molecular weight excluding hydrogens is 198 g/mol. The first-order valence-corrected chi connectivity index (χ1v) is 4.54. The van der Waals surface area contributed by atoms with E-state index in [1.54, 1.807) is 19.1 Å². The van der Waals surface area contributed by atoms with Gasteiger partial charge < -0.3 is 9.84 Å². The van der Waals surface area contributed by atoms with Crippen molar-refractivity contribution in [1.82, 2.24) is 0 Å². The average Bonchev–Trinajstić information content (AvgIpc) is 2.20. The molecule has 0 aromatic heterocycles. The summed E-state index contributed by atoms with van der Waals surface area (Å²) in [5.74, 6) is 0.373. The maximum atomic E-state index is 10.4. The van der Waals surface area contributed by atoms with Gasteiger partial charge in [0.15, 0.2) is 11.5 Å². The van der Waals surface area contributed by atoms with Gasteiger partial charge in [-0.25, -0.2) is 0 Å². The van der Waals surface area contributed by atoms with Gasteiger partial charge in [-0.1, -0.05) is 6.07 Å². The second kappa shape index (κ2) is 4.63. The van der Waals surface area contributed by atoms with Crippen LogP contribution in [0.3, 0.4) is 0 Å². The van der Waals surface area contributed by atoms with E-state index >= 15 is 0 Å². The van der Waals surface area contributed by atoms with Crippen molar-refractivity contribution in [2.24, 2.45) is 0 Å². The fourth-order valence-electron chi connectivity index (χ4n) is 1.26. The largest absolute Gasteiger partial charge is 0.504 e. The molecule has 1 N–H and O–H groups in total. The van der Waals surface area contributed by atoms with Crippen molar-refractivity contribution in [3.8, 4) is 11.5 Å². The minimum Gasteiger partial charge on any atom is -0.504 e. The summed E-state index contributed by atoms with van der Waals surface area (Å²) in [4.78, 5) is 10.1. The topological polar surface area (TPSA) is 72.6 Å². The number of phenols is 1. The molecule has 0 bridgehead atoms. The van der Waals surface area contributed by atoms with Gasteiger partial charge in [-0.15, -0.1) is 0 Å². The highest BCUT2D eigenvalue weighted by molar-refractivity contribution is 5.41.